The Kier molecular flexibility index (Phi) is 2.68. The third-order valence-corrected chi connectivity index (χ3v) is 3.41. The second-order valence-electron chi connectivity index (χ2n) is 4.58. The monoisotopic (exact) mass is 244 g/mol. The summed E-state index contributed by atoms with van der Waals surface area (Å²) < 4.78 is 0. The molecule has 1 aliphatic heterocycles. The van der Waals surface area contributed by atoms with Crippen LogP contribution < -0.4 is 16.4 Å². The number of benzene rings is 1. The fourth-order valence-electron chi connectivity index (χ4n) is 2.64. The number of amides is 2. The van der Waals surface area contributed by atoms with E-state index in [1.807, 2.05) is 12.1 Å². The van der Waals surface area contributed by atoms with Crippen LogP contribution in [0.2, 0.25) is 0 Å². The third kappa shape index (κ3) is 1.82. The summed E-state index contributed by atoms with van der Waals surface area (Å²) in [6.07, 6.45) is 0.955. The maximum atomic E-state index is 11.1. The molecule has 1 aromatic carbocycles. The lowest BCUT2D eigenvalue weighted by molar-refractivity contribution is 0.245. The number of carbonyl (C=O) groups excluding carboxylic acids is 1. The quantitative estimate of drug-likeness (QED) is 0.604. The van der Waals surface area contributed by atoms with Crippen LogP contribution in [0.3, 0.4) is 0 Å². The topological polar surface area (TPSA) is 82.9 Å². The van der Waals surface area contributed by atoms with Crippen LogP contribution in [0.1, 0.15) is 17.3 Å². The van der Waals surface area contributed by atoms with Crippen LogP contribution in [0.25, 0.3) is 10.9 Å². The largest absolute Gasteiger partial charge is 0.356 e. The Morgan fingerprint density at radius 2 is 2.22 bits per heavy atom. The van der Waals surface area contributed by atoms with Gasteiger partial charge in [-0.1, -0.05) is 18.2 Å². The van der Waals surface area contributed by atoms with Gasteiger partial charge in [-0.3, -0.25) is 0 Å². The smallest absolute Gasteiger partial charge is 0.312 e. The summed E-state index contributed by atoms with van der Waals surface area (Å²) in [6.45, 7) is 1.61. The van der Waals surface area contributed by atoms with E-state index in [4.69, 9.17) is 5.73 Å². The summed E-state index contributed by atoms with van der Waals surface area (Å²) >= 11 is 0. The molecule has 3 rings (SSSR count). The van der Waals surface area contributed by atoms with Gasteiger partial charge in [0.25, 0.3) is 0 Å². The van der Waals surface area contributed by atoms with E-state index in [1.165, 1.54) is 10.9 Å². The Balaban J connectivity index is 2.11. The van der Waals surface area contributed by atoms with Gasteiger partial charge in [0.05, 0.1) is 6.04 Å². The van der Waals surface area contributed by atoms with Crippen LogP contribution in [0.5, 0.6) is 0 Å². The first-order valence-electron chi connectivity index (χ1n) is 6.12. The van der Waals surface area contributed by atoms with Gasteiger partial charge in [0.15, 0.2) is 0 Å². The van der Waals surface area contributed by atoms with Crippen molar-refractivity contribution in [3.8, 4) is 0 Å². The molecule has 5 nitrogen and oxygen atoms in total. The highest BCUT2D eigenvalue weighted by Crippen LogP contribution is 2.28. The summed E-state index contributed by atoms with van der Waals surface area (Å²) in [7, 11) is 0. The van der Waals surface area contributed by atoms with Crippen molar-refractivity contribution < 1.29 is 4.79 Å². The molecule has 2 amide bonds. The minimum atomic E-state index is -0.492. The van der Waals surface area contributed by atoms with Crippen molar-refractivity contribution in [3.63, 3.8) is 0 Å². The van der Waals surface area contributed by atoms with Crippen LogP contribution in [0.15, 0.2) is 24.3 Å². The lowest BCUT2D eigenvalue weighted by Crippen LogP contribution is -2.38. The number of aromatic amines is 1. The van der Waals surface area contributed by atoms with Crippen LogP contribution in [-0.4, -0.2) is 24.1 Å². The van der Waals surface area contributed by atoms with Gasteiger partial charge in [0.2, 0.25) is 0 Å². The number of primary amides is 1. The Labute approximate surface area is 105 Å². The molecule has 0 saturated heterocycles. The number of nitrogens with one attached hydrogen (secondary N) is 3. The van der Waals surface area contributed by atoms with Gasteiger partial charge < -0.3 is 21.4 Å². The summed E-state index contributed by atoms with van der Waals surface area (Å²) in [5.74, 6) is 0. The van der Waals surface area contributed by atoms with Gasteiger partial charge in [-0.2, -0.15) is 0 Å². The molecule has 0 fully saturated rings. The van der Waals surface area contributed by atoms with E-state index in [2.05, 4.69) is 27.8 Å². The molecule has 5 N–H and O–H groups in total. The van der Waals surface area contributed by atoms with E-state index in [-0.39, 0.29) is 6.04 Å². The van der Waals surface area contributed by atoms with E-state index >= 15 is 0 Å². The Morgan fingerprint density at radius 1 is 1.39 bits per heavy atom. The van der Waals surface area contributed by atoms with Gasteiger partial charge in [-0.15, -0.1) is 0 Å². The molecular weight excluding hydrogens is 228 g/mol. The van der Waals surface area contributed by atoms with E-state index in [0.29, 0.717) is 6.54 Å². The number of para-hydroxylation sites is 1. The van der Waals surface area contributed by atoms with Gasteiger partial charge >= 0.3 is 6.03 Å². The highest BCUT2D eigenvalue weighted by Gasteiger charge is 2.22. The van der Waals surface area contributed by atoms with Crippen molar-refractivity contribution in [2.45, 2.75) is 12.5 Å². The van der Waals surface area contributed by atoms with Crippen molar-refractivity contribution in [2.75, 3.05) is 13.1 Å². The molecule has 0 bridgehead atoms. The molecule has 0 radical (unpaired) electrons. The second-order valence-corrected chi connectivity index (χ2v) is 4.58. The Bertz CT molecular complexity index is 590. The second kappa shape index (κ2) is 4.34. The number of hydrogen-bond donors (Lipinski definition) is 4. The number of rotatable bonds is 1. The lowest BCUT2D eigenvalue weighted by atomic mass is 10.1. The van der Waals surface area contributed by atoms with Gasteiger partial charge in [0, 0.05) is 23.1 Å². The van der Waals surface area contributed by atoms with Crippen molar-refractivity contribution in [3.05, 3.63) is 35.5 Å². The standard InChI is InChI=1S/C13H16N4O/c14-13(18)17-11-7-15-6-5-9-8-3-1-2-4-10(8)16-12(9)11/h1-4,11,15-16H,5-7H2,(H3,14,17,18). The molecule has 0 spiro atoms. The number of H-pyrrole nitrogens is 1. The molecule has 1 atom stereocenters. The van der Waals surface area contributed by atoms with Crippen molar-refractivity contribution in [1.29, 1.82) is 0 Å². The summed E-state index contributed by atoms with van der Waals surface area (Å²) in [6, 6.07) is 7.62. The fourth-order valence-corrected chi connectivity index (χ4v) is 2.64. The summed E-state index contributed by atoms with van der Waals surface area (Å²) in [5, 5.41) is 7.32. The molecule has 1 aliphatic rings. The van der Waals surface area contributed by atoms with E-state index in [9.17, 15) is 4.79 Å². The molecule has 18 heavy (non-hydrogen) atoms. The number of carbonyl (C=O) groups is 1. The zero-order chi connectivity index (χ0) is 12.5. The molecule has 1 aromatic heterocycles. The van der Waals surface area contributed by atoms with E-state index < -0.39 is 6.03 Å². The average Bonchev–Trinajstić information content (AvgIpc) is 2.61. The molecule has 5 heteroatoms. The number of nitrogens with two attached hydrogens (primary N) is 1. The molecular formula is C13H16N4O. The molecule has 2 aromatic rings. The van der Waals surface area contributed by atoms with E-state index in [0.717, 1.165) is 24.2 Å². The van der Waals surface area contributed by atoms with Crippen molar-refractivity contribution in [1.82, 2.24) is 15.6 Å². The molecule has 94 valence electrons. The highest BCUT2D eigenvalue weighted by molar-refractivity contribution is 5.85. The average molecular weight is 244 g/mol. The van der Waals surface area contributed by atoms with Crippen LogP contribution in [0.4, 0.5) is 4.79 Å². The highest BCUT2D eigenvalue weighted by atomic mass is 16.2. The third-order valence-electron chi connectivity index (χ3n) is 3.41. The minimum absolute atomic E-state index is 0.0904. The van der Waals surface area contributed by atoms with E-state index in [1.54, 1.807) is 0 Å². The molecule has 0 saturated carbocycles. The zero-order valence-corrected chi connectivity index (χ0v) is 9.99. The summed E-state index contributed by atoms with van der Waals surface area (Å²) in [4.78, 5) is 14.5. The molecule has 1 unspecified atom stereocenters. The molecule has 0 aliphatic carbocycles. The Morgan fingerprint density at radius 3 is 3.06 bits per heavy atom. The fraction of sp³-hybridized carbons (Fsp3) is 0.308. The summed E-state index contributed by atoms with van der Waals surface area (Å²) in [5.41, 5.74) is 8.69. The number of aromatic nitrogens is 1. The first kappa shape index (κ1) is 11.1. The lowest BCUT2D eigenvalue weighted by Gasteiger charge is -2.15. The maximum Gasteiger partial charge on any atom is 0.312 e. The van der Waals surface area contributed by atoms with Crippen LogP contribution in [0, 0.1) is 0 Å². The van der Waals surface area contributed by atoms with Crippen molar-refractivity contribution >= 4 is 16.9 Å². The predicted octanol–water partition coefficient (Wildman–Crippen LogP) is 1.02. The van der Waals surface area contributed by atoms with Gasteiger partial charge in [-0.05, 0) is 24.6 Å². The van der Waals surface area contributed by atoms with Gasteiger partial charge in [0.1, 0.15) is 0 Å². The maximum absolute atomic E-state index is 11.1. The number of hydrogen-bond acceptors (Lipinski definition) is 2. The van der Waals surface area contributed by atoms with Crippen LogP contribution in [-0.2, 0) is 6.42 Å². The SMILES string of the molecule is NC(=O)NC1CNCCc2c1[nH]c1ccccc21. The predicted molar refractivity (Wildman–Crippen MR) is 70.3 cm³/mol. The van der Waals surface area contributed by atoms with Crippen LogP contribution >= 0.6 is 0 Å². The minimum Gasteiger partial charge on any atom is -0.356 e. The number of fused-ring (bicyclic) bond motifs is 3. The first-order valence-corrected chi connectivity index (χ1v) is 6.12. The van der Waals surface area contributed by atoms with Gasteiger partial charge in [-0.25, -0.2) is 4.79 Å². The zero-order valence-electron chi connectivity index (χ0n) is 9.99. The van der Waals surface area contributed by atoms with Crippen molar-refractivity contribution in [2.24, 2.45) is 5.73 Å². The number of urea groups is 1. The first-order chi connectivity index (χ1) is 8.75. The molecule has 2 heterocycles. The Hall–Kier alpha value is -2.01. The normalized spacial score (nSPS) is 19.2.